The summed E-state index contributed by atoms with van der Waals surface area (Å²) >= 11 is 11.8. The van der Waals surface area contributed by atoms with E-state index in [1.807, 2.05) is 0 Å². The van der Waals surface area contributed by atoms with Crippen LogP contribution < -0.4 is 5.73 Å². The van der Waals surface area contributed by atoms with Gasteiger partial charge < -0.3 is 10.3 Å². The zero-order valence-electron chi connectivity index (χ0n) is 10.5. The molecular formula is C14H8Cl2FN3O. The maximum Gasteiger partial charge on any atom is 0.258 e. The Morgan fingerprint density at radius 3 is 2.57 bits per heavy atom. The molecule has 3 aromatic rings. The highest BCUT2D eigenvalue weighted by Crippen LogP contribution is 2.30. The van der Waals surface area contributed by atoms with E-state index in [-0.39, 0.29) is 16.7 Å². The van der Waals surface area contributed by atoms with Gasteiger partial charge in [0.2, 0.25) is 5.82 Å². The first kappa shape index (κ1) is 13.9. The third-order valence-corrected chi connectivity index (χ3v) is 3.50. The van der Waals surface area contributed by atoms with Gasteiger partial charge in [0.05, 0.1) is 15.7 Å². The van der Waals surface area contributed by atoms with Gasteiger partial charge in [-0.1, -0.05) is 28.4 Å². The Bertz CT molecular complexity index is 820. The quantitative estimate of drug-likeness (QED) is 0.708. The van der Waals surface area contributed by atoms with Crippen LogP contribution in [-0.4, -0.2) is 10.1 Å². The molecular weight excluding hydrogens is 316 g/mol. The van der Waals surface area contributed by atoms with Crippen LogP contribution in [0.3, 0.4) is 0 Å². The second kappa shape index (κ2) is 5.35. The Balaban J connectivity index is 2.01. The van der Waals surface area contributed by atoms with E-state index in [1.54, 1.807) is 18.2 Å². The fourth-order valence-electron chi connectivity index (χ4n) is 1.80. The van der Waals surface area contributed by atoms with Crippen LogP contribution >= 0.6 is 23.2 Å². The van der Waals surface area contributed by atoms with Gasteiger partial charge in [-0.05, 0) is 36.4 Å². The molecule has 2 aromatic carbocycles. The van der Waals surface area contributed by atoms with Gasteiger partial charge in [0.1, 0.15) is 5.82 Å². The average molecular weight is 324 g/mol. The minimum absolute atomic E-state index is 0.206. The molecule has 3 rings (SSSR count). The van der Waals surface area contributed by atoms with E-state index in [4.69, 9.17) is 33.5 Å². The van der Waals surface area contributed by atoms with Crippen molar-refractivity contribution in [3.05, 3.63) is 52.3 Å². The lowest BCUT2D eigenvalue weighted by molar-refractivity contribution is 0.432. The lowest BCUT2D eigenvalue weighted by Gasteiger charge is -1.99. The van der Waals surface area contributed by atoms with Gasteiger partial charge in [0.25, 0.3) is 5.89 Å². The number of anilines is 1. The number of rotatable bonds is 2. The van der Waals surface area contributed by atoms with Crippen LogP contribution in [0.4, 0.5) is 10.1 Å². The molecule has 0 radical (unpaired) electrons. The molecule has 0 spiro atoms. The molecule has 7 heteroatoms. The van der Waals surface area contributed by atoms with Gasteiger partial charge in [-0.15, -0.1) is 0 Å². The molecule has 0 saturated carbocycles. The summed E-state index contributed by atoms with van der Waals surface area (Å²) in [4.78, 5) is 4.23. The normalized spacial score (nSPS) is 10.8. The van der Waals surface area contributed by atoms with Crippen molar-refractivity contribution in [1.82, 2.24) is 10.1 Å². The van der Waals surface area contributed by atoms with Crippen molar-refractivity contribution in [2.75, 3.05) is 5.73 Å². The second-order valence-corrected chi connectivity index (χ2v) is 5.10. The molecule has 0 fully saturated rings. The molecule has 4 nitrogen and oxygen atoms in total. The van der Waals surface area contributed by atoms with Gasteiger partial charge in [-0.25, -0.2) is 4.39 Å². The molecule has 0 saturated heterocycles. The zero-order valence-corrected chi connectivity index (χ0v) is 12.0. The number of hydrogen-bond donors (Lipinski definition) is 1. The SMILES string of the molecule is Nc1cc(-c2nc(-c3ccc(F)cc3Cl)no2)ccc1Cl. The number of nitrogen functional groups attached to an aromatic ring is 1. The summed E-state index contributed by atoms with van der Waals surface area (Å²) in [6.07, 6.45) is 0. The van der Waals surface area contributed by atoms with E-state index in [1.165, 1.54) is 18.2 Å². The molecule has 0 aliphatic carbocycles. The Hall–Kier alpha value is -2.11. The van der Waals surface area contributed by atoms with Crippen molar-refractivity contribution in [3.8, 4) is 22.8 Å². The largest absolute Gasteiger partial charge is 0.398 e. The van der Waals surface area contributed by atoms with Crippen molar-refractivity contribution < 1.29 is 8.91 Å². The number of aromatic nitrogens is 2. The first-order valence-corrected chi connectivity index (χ1v) is 6.65. The van der Waals surface area contributed by atoms with Crippen LogP contribution in [-0.2, 0) is 0 Å². The highest BCUT2D eigenvalue weighted by molar-refractivity contribution is 6.33. The summed E-state index contributed by atoms with van der Waals surface area (Å²) in [6.45, 7) is 0. The van der Waals surface area contributed by atoms with E-state index in [0.717, 1.165) is 0 Å². The molecule has 1 aromatic heterocycles. The number of benzene rings is 2. The highest BCUT2D eigenvalue weighted by atomic mass is 35.5. The van der Waals surface area contributed by atoms with Gasteiger partial charge in [0, 0.05) is 11.1 Å². The highest BCUT2D eigenvalue weighted by Gasteiger charge is 2.14. The standard InChI is InChI=1S/C14H8Cl2FN3O/c15-10-4-1-7(5-12(10)18)14-19-13(20-21-14)9-3-2-8(17)6-11(9)16/h1-6H,18H2. The van der Waals surface area contributed by atoms with Crippen LogP contribution in [0.2, 0.25) is 10.0 Å². The minimum Gasteiger partial charge on any atom is -0.398 e. The molecule has 2 N–H and O–H groups in total. The monoisotopic (exact) mass is 323 g/mol. The lowest BCUT2D eigenvalue weighted by atomic mass is 10.2. The summed E-state index contributed by atoms with van der Waals surface area (Å²) < 4.78 is 18.2. The van der Waals surface area contributed by atoms with Crippen LogP contribution in [0.5, 0.6) is 0 Å². The van der Waals surface area contributed by atoms with Crippen LogP contribution in [0.25, 0.3) is 22.8 Å². The number of hydrogen-bond acceptors (Lipinski definition) is 4. The zero-order chi connectivity index (χ0) is 15.0. The number of nitrogens with zero attached hydrogens (tertiary/aromatic N) is 2. The Labute approximate surface area is 129 Å². The minimum atomic E-state index is -0.432. The molecule has 21 heavy (non-hydrogen) atoms. The molecule has 0 amide bonds. The Kier molecular flexibility index (Phi) is 3.53. The summed E-state index contributed by atoms with van der Waals surface area (Å²) in [6, 6.07) is 8.93. The predicted molar refractivity (Wildman–Crippen MR) is 79.6 cm³/mol. The van der Waals surface area contributed by atoms with Crippen molar-refractivity contribution in [2.45, 2.75) is 0 Å². The smallest absolute Gasteiger partial charge is 0.258 e. The third-order valence-electron chi connectivity index (χ3n) is 2.84. The van der Waals surface area contributed by atoms with Crippen molar-refractivity contribution in [2.24, 2.45) is 0 Å². The van der Waals surface area contributed by atoms with E-state index in [2.05, 4.69) is 10.1 Å². The molecule has 0 bridgehead atoms. The van der Waals surface area contributed by atoms with Crippen molar-refractivity contribution in [1.29, 1.82) is 0 Å². The van der Waals surface area contributed by atoms with Gasteiger partial charge in [-0.3, -0.25) is 0 Å². The van der Waals surface area contributed by atoms with Crippen molar-refractivity contribution in [3.63, 3.8) is 0 Å². The molecule has 106 valence electrons. The summed E-state index contributed by atoms with van der Waals surface area (Å²) in [5, 5.41) is 4.49. The van der Waals surface area contributed by atoms with E-state index >= 15 is 0 Å². The van der Waals surface area contributed by atoms with E-state index < -0.39 is 5.82 Å². The maximum absolute atomic E-state index is 13.0. The molecule has 1 heterocycles. The fourth-order valence-corrected chi connectivity index (χ4v) is 2.17. The summed E-state index contributed by atoms with van der Waals surface area (Å²) in [5.41, 5.74) is 7.26. The first-order valence-electron chi connectivity index (χ1n) is 5.89. The molecule has 0 aliphatic rings. The van der Waals surface area contributed by atoms with Crippen molar-refractivity contribution >= 4 is 28.9 Å². The van der Waals surface area contributed by atoms with Crippen LogP contribution in [0, 0.1) is 5.82 Å². The number of nitrogens with two attached hydrogens (primary N) is 1. The molecule has 0 atom stereocenters. The third kappa shape index (κ3) is 2.70. The molecule has 0 aliphatic heterocycles. The summed E-state index contributed by atoms with van der Waals surface area (Å²) in [7, 11) is 0. The Morgan fingerprint density at radius 1 is 1.05 bits per heavy atom. The fraction of sp³-hybridized carbons (Fsp3) is 0. The topological polar surface area (TPSA) is 64.9 Å². The Morgan fingerprint density at radius 2 is 1.86 bits per heavy atom. The second-order valence-electron chi connectivity index (χ2n) is 4.28. The lowest BCUT2D eigenvalue weighted by Crippen LogP contribution is -1.88. The number of halogens is 3. The average Bonchev–Trinajstić information content (AvgIpc) is 2.91. The van der Waals surface area contributed by atoms with E-state index in [0.29, 0.717) is 21.8 Å². The van der Waals surface area contributed by atoms with Gasteiger partial charge in [-0.2, -0.15) is 4.98 Å². The summed E-state index contributed by atoms with van der Waals surface area (Å²) in [5.74, 6) is 0.107. The maximum atomic E-state index is 13.0. The predicted octanol–water partition coefficient (Wildman–Crippen LogP) is 4.43. The first-order chi connectivity index (χ1) is 10.0. The van der Waals surface area contributed by atoms with Gasteiger partial charge >= 0.3 is 0 Å². The van der Waals surface area contributed by atoms with Crippen LogP contribution in [0.15, 0.2) is 40.9 Å². The van der Waals surface area contributed by atoms with Crippen LogP contribution in [0.1, 0.15) is 0 Å². The van der Waals surface area contributed by atoms with E-state index in [9.17, 15) is 4.39 Å². The molecule has 0 unspecified atom stereocenters. The van der Waals surface area contributed by atoms with Gasteiger partial charge in [0.15, 0.2) is 0 Å².